The topological polar surface area (TPSA) is 59.2 Å². The van der Waals surface area contributed by atoms with E-state index in [2.05, 4.69) is 10.1 Å². The fourth-order valence-corrected chi connectivity index (χ4v) is 3.05. The van der Waals surface area contributed by atoms with Crippen LogP contribution < -0.4 is 0 Å². The maximum absolute atomic E-state index is 13.8. The summed E-state index contributed by atoms with van der Waals surface area (Å²) in [5.41, 5.74) is 1.08. The SMILES string of the molecule is O=C1CC(c2noc(-c3ccccc3F)n2)CN1Cc1ccc(F)cc1. The molecule has 5 nitrogen and oxygen atoms in total. The van der Waals surface area contributed by atoms with E-state index in [4.69, 9.17) is 4.52 Å². The molecule has 1 aliphatic rings. The minimum Gasteiger partial charge on any atom is -0.338 e. The van der Waals surface area contributed by atoms with Crippen LogP contribution in [0, 0.1) is 11.6 Å². The maximum atomic E-state index is 13.8. The number of halogens is 2. The lowest BCUT2D eigenvalue weighted by Gasteiger charge is -2.16. The van der Waals surface area contributed by atoms with Crippen LogP contribution in [0.5, 0.6) is 0 Å². The second-order valence-corrected chi connectivity index (χ2v) is 6.24. The Morgan fingerprint density at radius 1 is 1.12 bits per heavy atom. The van der Waals surface area contributed by atoms with Crippen LogP contribution in [-0.2, 0) is 11.3 Å². The molecule has 26 heavy (non-hydrogen) atoms. The molecule has 1 saturated heterocycles. The van der Waals surface area contributed by atoms with Crippen molar-refractivity contribution in [1.82, 2.24) is 15.0 Å². The lowest BCUT2D eigenvalue weighted by Crippen LogP contribution is -2.24. The summed E-state index contributed by atoms with van der Waals surface area (Å²) in [6, 6.07) is 12.2. The van der Waals surface area contributed by atoms with Gasteiger partial charge in [-0.2, -0.15) is 4.98 Å². The molecule has 2 heterocycles. The zero-order valence-corrected chi connectivity index (χ0v) is 13.7. The van der Waals surface area contributed by atoms with Crippen LogP contribution in [0.3, 0.4) is 0 Å². The third-order valence-electron chi connectivity index (χ3n) is 4.41. The summed E-state index contributed by atoms with van der Waals surface area (Å²) < 4.78 is 32.0. The van der Waals surface area contributed by atoms with E-state index in [0.29, 0.717) is 18.9 Å². The predicted octanol–water partition coefficient (Wildman–Crippen LogP) is 3.53. The quantitative estimate of drug-likeness (QED) is 0.718. The Hall–Kier alpha value is -3.09. The summed E-state index contributed by atoms with van der Waals surface area (Å²) in [4.78, 5) is 18.2. The number of nitrogens with zero attached hydrogens (tertiary/aromatic N) is 3. The Balaban J connectivity index is 1.49. The average Bonchev–Trinajstić information content (AvgIpc) is 3.25. The van der Waals surface area contributed by atoms with E-state index >= 15 is 0 Å². The summed E-state index contributed by atoms with van der Waals surface area (Å²) in [6.45, 7) is 0.833. The van der Waals surface area contributed by atoms with Gasteiger partial charge in [-0.15, -0.1) is 0 Å². The highest BCUT2D eigenvalue weighted by molar-refractivity contribution is 5.79. The zero-order valence-electron chi connectivity index (χ0n) is 13.7. The lowest BCUT2D eigenvalue weighted by atomic mass is 10.1. The number of benzene rings is 2. The van der Waals surface area contributed by atoms with E-state index in [9.17, 15) is 13.6 Å². The highest BCUT2D eigenvalue weighted by Gasteiger charge is 2.33. The molecule has 1 fully saturated rings. The number of carbonyl (C=O) groups excluding carboxylic acids is 1. The molecule has 0 bridgehead atoms. The van der Waals surface area contributed by atoms with E-state index in [-0.39, 0.29) is 35.5 Å². The van der Waals surface area contributed by atoms with E-state index in [1.54, 1.807) is 35.2 Å². The van der Waals surface area contributed by atoms with Crippen LogP contribution in [0.2, 0.25) is 0 Å². The second kappa shape index (κ2) is 6.67. The molecule has 7 heteroatoms. The molecule has 1 aliphatic heterocycles. The molecule has 1 aromatic heterocycles. The molecule has 1 atom stereocenters. The summed E-state index contributed by atoms with van der Waals surface area (Å²) in [5, 5.41) is 3.92. The molecule has 0 spiro atoms. The van der Waals surface area contributed by atoms with E-state index in [1.165, 1.54) is 18.2 Å². The number of likely N-dealkylation sites (tertiary alicyclic amines) is 1. The largest absolute Gasteiger partial charge is 0.338 e. The van der Waals surface area contributed by atoms with Crippen LogP contribution >= 0.6 is 0 Å². The molecule has 1 unspecified atom stereocenters. The van der Waals surface area contributed by atoms with Crippen LogP contribution in [-0.4, -0.2) is 27.5 Å². The summed E-state index contributed by atoms with van der Waals surface area (Å²) in [6.07, 6.45) is 0.261. The van der Waals surface area contributed by atoms with Gasteiger partial charge in [-0.1, -0.05) is 29.4 Å². The van der Waals surface area contributed by atoms with Gasteiger partial charge in [0.1, 0.15) is 11.6 Å². The maximum Gasteiger partial charge on any atom is 0.260 e. The smallest absolute Gasteiger partial charge is 0.260 e. The van der Waals surface area contributed by atoms with Gasteiger partial charge in [0, 0.05) is 25.4 Å². The van der Waals surface area contributed by atoms with Crippen molar-refractivity contribution in [2.24, 2.45) is 0 Å². The number of hydrogen-bond donors (Lipinski definition) is 0. The molecule has 4 rings (SSSR count). The highest BCUT2D eigenvalue weighted by atomic mass is 19.1. The van der Waals surface area contributed by atoms with Gasteiger partial charge in [-0.3, -0.25) is 4.79 Å². The van der Waals surface area contributed by atoms with Gasteiger partial charge < -0.3 is 9.42 Å². The first-order chi connectivity index (χ1) is 12.6. The van der Waals surface area contributed by atoms with E-state index in [0.717, 1.165) is 5.56 Å². The van der Waals surface area contributed by atoms with Gasteiger partial charge in [-0.25, -0.2) is 8.78 Å². The van der Waals surface area contributed by atoms with Crippen molar-refractivity contribution in [2.75, 3.05) is 6.54 Å². The lowest BCUT2D eigenvalue weighted by molar-refractivity contribution is -0.128. The second-order valence-electron chi connectivity index (χ2n) is 6.24. The van der Waals surface area contributed by atoms with Gasteiger partial charge in [0.2, 0.25) is 5.91 Å². The minimum absolute atomic E-state index is 0.0310. The molecular formula is C19H15F2N3O2. The Kier molecular flexibility index (Phi) is 4.20. The highest BCUT2D eigenvalue weighted by Crippen LogP contribution is 2.29. The molecular weight excluding hydrogens is 340 g/mol. The Bertz CT molecular complexity index is 940. The fourth-order valence-electron chi connectivity index (χ4n) is 3.05. The summed E-state index contributed by atoms with van der Waals surface area (Å²) in [7, 11) is 0. The predicted molar refractivity (Wildman–Crippen MR) is 88.9 cm³/mol. The van der Waals surface area contributed by atoms with Crippen LogP contribution in [0.25, 0.3) is 11.5 Å². The van der Waals surface area contributed by atoms with Gasteiger partial charge in [0.05, 0.1) is 5.56 Å². The van der Waals surface area contributed by atoms with Gasteiger partial charge in [0.25, 0.3) is 5.89 Å². The Morgan fingerprint density at radius 3 is 2.65 bits per heavy atom. The van der Waals surface area contributed by atoms with Crippen molar-refractivity contribution in [3.63, 3.8) is 0 Å². The third-order valence-corrected chi connectivity index (χ3v) is 4.41. The number of aromatic nitrogens is 2. The van der Waals surface area contributed by atoms with Crippen LogP contribution in [0.4, 0.5) is 8.78 Å². The third kappa shape index (κ3) is 3.20. The van der Waals surface area contributed by atoms with E-state index in [1.807, 2.05) is 0 Å². The number of amides is 1. The molecule has 0 N–H and O–H groups in total. The molecule has 0 aliphatic carbocycles. The Labute approximate surface area is 148 Å². The average molecular weight is 355 g/mol. The van der Waals surface area contributed by atoms with Crippen molar-refractivity contribution in [2.45, 2.75) is 18.9 Å². The number of hydrogen-bond acceptors (Lipinski definition) is 4. The van der Waals surface area contributed by atoms with Crippen molar-refractivity contribution < 1.29 is 18.1 Å². The van der Waals surface area contributed by atoms with Crippen molar-refractivity contribution in [1.29, 1.82) is 0 Å². The Morgan fingerprint density at radius 2 is 1.88 bits per heavy atom. The monoisotopic (exact) mass is 355 g/mol. The first-order valence-electron chi connectivity index (χ1n) is 8.21. The van der Waals surface area contributed by atoms with Gasteiger partial charge in [-0.05, 0) is 29.8 Å². The molecule has 2 aromatic carbocycles. The first-order valence-corrected chi connectivity index (χ1v) is 8.21. The zero-order chi connectivity index (χ0) is 18.1. The van der Waals surface area contributed by atoms with Gasteiger partial charge in [0.15, 0.2) is 5.82 Å². The normalized spacial score (nSPS) is 17.1. The van der Waals surface area contributed by atoms with Gasteiger partial charge >= 0.3 is 0 Å². The van der Waals surface area contributed by atoms with Crippen molar-refractivity contribution in [3.05, 3.63) is 71.6 Å². The summed E-state index contributed by atoms with van der Waals surface area (Å²) in [5.74, 6) is -0.514. The summed E-state index contributed by atoms with van der Waals surface area (Å²) >= 11 is 0. The number of rotatable bonds is 4. The molecule has 0 radical (unpaired) electrons. The first kappa shape index (κ1) is 16.4. The fraction of sp³-hybridized carbons (Fsp3) is 0.211. The van der Waals surface area contributed by atoms with Crippen molar-refractivity contribution >= 4 is 5.91 Å². The molecule has 0 saturated carbocycles. The minimum atomic E-state index is -0.442. The number of carbonyl (C=O) groups is 1. The van der Waals surface area contributed by atoms with Crippen LogP contribution in [0.1, 0.15) is 23.7 Å². The standard InChI is InChI=1S/C19H15F2N3O2/c20-14-7-5-12(6-8-14)10-24-11-13(9-17(24)25)18-22-19(26-23-18)15-3-1-2-4-16(15)21/h1-8,13H,9-11H2. The van der Waals surface area contributed by atoms with Crippen molar-refractivity contribution in [3.8, 4) is 11.5 Å². The molecule has 1 amide bonds. The molecule has 3 aromatic rings. The molecule has 132 valence electrons. The van der Waals surface area contributed by atoms with Crippen LogP contribution in [0.15, 0.2) is 53.1 Å². The van der Waals surface area contributed by atoms with E-state index < -0.39 is 5.82 Å².